The highest BCUT2D eigenvalue weighted by molar-refractivity contribution is 7.99. The topological polar surface area (TPSA) is 49.4 Å². The van der Waals surface area contributed by atoms with Gasteiger partial charge in [-0.25, -0.2) is 0 Å². The van der Waals surface area contributed by atoms with Crippen molar-refractivity contribution in [2.24, 2.45) is 0 Å². The molecule has 2 amide bonds. The Labute approximate surface area is 129 Å². The number of nitrogens with zero attached hydrogens (tertiary/aromatic N) is 1. The lowest BCUT2D eigenvalue weighted by Crippen LogP contribution is -2.43. The molecule has 1 aromatic carbocycles. The number of thioether (sulfide) groups is 1. The molecule has 112 valence electrons. The van der Waals surface area contributed by atoms with Crippen molar-refractivity contribution in [3.05, 3.63) is 24.3 Å². The Kier molecular flexibility index (Phi) is 4.48. The minimum absolute atomic E-state index is 0.0361. The summed E-state index contributed by atoms with van der Waals surface area (Å²) in [4.78, 5) is 27.2. The van der Waals surface area contributed by atoms with Gasteiger partial charge in [0.05, 0.1) is 5.69 Å². The first-order valence-corrected chi connectivity index (χ1v) is 8.54. The van der Waals surface area contributed by atoms with Crippen molar-refractivity contribution < 1.29 is 9.59 Å². The number of benzene rings is 1. The van der Waals surface area contributed by atoms with Gasteiger partial charge in [0.1, 0.15) is 6.54 Å². The SMILES string of the molecule is O=C(CN1C(=O)CCSc2ccccc21)NC1CCCC1. The molecule has 0 spiro atoms. The summed E-state index contributed by atoms with van der Waals surface area (Å²) < 4.78 is 0. The van der Waals surface area contributed by atoms with Crippen LogP contribution in [0.5, 0.6) is 0 Å². The standard InChI is InChI=1S/C16H20N2O2S/c19-15(17-12-5-1-2-6-12)11-18-13-7-3-4-8-14(13)21-10-9-16(18)20/h3-4,7-8,12H,1-2,5-6,9-11H2,(H,17,19). The number of amides is 2. The van der Waals surface area contributed by atoms with Crippen LogP contribution < -0.4 is 10.2 Å². The van der Waals surface area contributed by atoms with Gasteiger partial charge in [0, 0.05) is 23.1 Å². The fourth-order valence-electron chi connectivity index (χ4n) is 2.98. The van der Waals surface area contributed by atoms with Crippen LogP contribution in [-0.2, 0) is 9.59 Å². The molecule has 0 saturated heterocycles. The lowest BCUT2D eigenvalue weighted by Gasteiger charge is -2.23. The molecule has 1 saturated carbocycles. The van der Waals surface area contributed by atoms with E-state index >= 15 is 0 Å². The second kappa shape index (κ2) is 6.52. The summed E-state index contributed by atoms with van der Waals surface area (Å²) in [5.41, 5.74) is 0.867. The Morgan fingerprint density at radius 1 is 1.29 bits per heavy atom. The number of nitrogens with one attached hydrogen (secondary N) is 1. The van der Waals surface area contributed by atoms with E-state index in [4.69, 9.17) is 0 Å². The summed E-state index contributed by atoms with van der Waals surface area (Å²) in [5, 5.41) is 3.06. The second-order valence-corrected chi connectivity index (χ2v) is 6.73. The molecule has 0 atom stereocenters. The molecule has 1 aliphatic heterocycles. The van der Waals surface area contributed by atoms with Crippen LogP contribution in [0, 0.1) is 0 Å². The first-order valence-electron chi connectivity index (χ1n) is 7.55. The number of fused-ring (bicyclic) bond motifs is 1. The molecule has 1 fully saturated rings. The average molecular weight is 304 g/mol. The number of carbonyl (C=O) groups excluding carboxylic acids is 2. The molecular weight excluding hydrogens is 284 g/mol. The van der Waals surface area contributed by atoms with Crippen molar-refractivity contribution in [1.82, 2.24) is 5.32 Å². The summed E-state index contributed by atoms with van der Waals surface area (Å²) in [6.45, 7) is 0.132. The average Bonchev–Trinajstić information content (AvgIpc) is 2.92. The number of carbonyl (C=O) groups is 2. The maximum atomic E-state index is 12.3. The van der Waals surface area contributed by atoms with Crippen molar-refractivity contribution in [2.45, 2.75) is 43.0 Å². The normalized spacial score (nSPS) is 19.2. The minimum Gasteiger partial charge on any atom is -0.352 e. The van der Waals surface area contributed by atoms with E-state index in [0.717, 1.165) is 29.2 Å². The molecule has 2 aliphatic rings. The summed E-state index contributed by atoms with van der Waals surface area (Å²) in [6.07, 6.45) is 4.98. The Balaban J connectivity index is 1.73. The Bertz CT molecular complexity index is 541. The summed E-state index contributed by atoms with van der Waals surface area (Å²) >= 11 is 1.68. The Morgan fingerprint density at radius 3 is 2.86 bits per heavy atom. The van der Waals surface area contributed by atoms with Crippen LogP contribution in [0.2, 0.25) is 0 Å². The highest BCUT2D eigenvalue weighted by atomic mass is 32.2. The molecule has 21 heavy (non-hydrogen) atoms. The third-order valence-corrected chi connectivity index (χ3v) is 5.12. The quantitative estimate of drug-likeness (QED) is 0.933. The third-order valence-electron chi connectivity index (χ3n) is 4.05. The van der Waals surface area contributed by atoms with Crippen LogP contribution >= 0.6 is 11.8 Å². The van der Waals surface area contributed by atoms with Crippen molar-refractivity contribution in [3.8, 4) is 0 Å². The van der Waals surface area contributed by atoms with Crippen LogP contribution in [0.15, 0.2) is 29.2 Å². The second-order valence-electron chi connectivity index (χ2n) is 5.59. The number of hydrogen-bond donors (Lipinski definition) is 1. The van der Waals surface area contributed by atoms with Crippen LogP contribution in [0.1, 0.15) is 32.1 Å². The number of anilines is 1. The van der Waals surface area contributed by atoms with Crippen molar-refractivity contribution >= 4 is 29.3 Å². The molecular formula is C16H20N2O2S. The smallest absolute Gasteiger partial charge is 0.240 e. The monoisotopic (exact) mass is 304 g/mol. The van der Waals surface area contributed by atoms with Gasteiger partial charge in [0.15, 0.2) is 0 Å². The van der Waals surface area contributed by atoms with Gasteiger partial charge in [0.25, 0.3) is 0 Å². The van der Waals surface area contributed by atoms with Gasteiger partial charge in [-0.3, -0.25) is 9.59 Å². The van der Waals surface area contributed by atoms with Crippen molar-refractivity contribution in [3.63, 3.8) is 0 Å². The highest BCUT2D eigenvalue weighted by Gasteiger charge is 2.25. The molecule has 4 nitrogen and oxygen atoms in total. The van der Waals surface area contributed by atoms with E-state index in [2.05, 4.69) is 5.32 Å². The van der Waals surface area contributed by atoms with E-state index < -0.39 is 0 Å². The molecule has 1 aliphatic carbocycles. The molecule has 1 N–H and O–H groups in total. The van der Waals surface area contributed by atoms with Gasteiger partial charge in [-0.1, -0.05) is 25.0 Å². The molecule has 0 radical (unpaired) electrons. The van der Waals surface area contributed by atoms with Gasteiger partial charge in [0.2, 0.25) is 11.8 Å². The van der Waals surface area contributed by atoms with Gasteiger partial charge in [-0.2, -0.15) is 0 Å². The van der Waals surface area contributed by atoms with Gasteiger partial charge in [-0.15, -0.1) is 11.8 Å². The largest absolute Gasteiger partial charge is 0.352 e. The number of para-hydroxylation sites is 1. The zero-order valence-corrected chi connectivity index (χ0v) is 12.8. The van der Waals surface area contributed by atoms with E-state index in [1.54, 1.807) is 16.7 Å². The van der Waals surface area contributed by atoms with Crippen molar-refractivity contribution in [2.75, 3.05) is 17.2 Å². The number of rotatable bonds is 3. The van der Waals surface area contributed by atoms with Crippen LogP contribution in [-0.4, -0.2) is 30.2 Å². The zero-order valence-electron chi connectivity index (χ0n) is 12.0. The van der Waals surface area contributed by atoms with Crippen molar-refractivity contribution in [1.29, 1.82) is 0 Å². The summed E-state index contributed by atoms with van der Waals surface area (Å²) in [5.74, 6) is 0.766. The Hall–Kier alpha value is -1.49. The molecule has 0 bridgehead atoms. The molecule has 3 rings (SSSR count). The third kappa shape index (κ3) is 3.40. The zero-order chi connectivity index (χ0) is 14.7. The van der Waals surface area contributed by atoms with Gasteiger partial charge in [-0.05, 0) is 25.0 Å². The lowest BCUT2D eigenvalue weighted by molar-refractivity contribution is -0.124. The van der Waals surface area contributed by atoms with E-state index in [-0.39, 0.29) is 18.4 Å². The predicted molar refractivity (Wildman–Crippen MR) is 84.5 cm³/mol. The fraction of sp³-hybridized carbons (Fsp3) is 0.500. The van der Waals surface area contributed by atoms with Crippen LogP contribution in [0.25, 0.3) is 0 Å². The maximum Gasteiger partial charge on any atom is 0.240 e. The summed E-state index contributed by atoms with van der Waals surface area (Å²) in [6, 6.07) is 8.12. The fourth-order valence-corrected chi connectivity index (χ4v) is 3.98. The molecule has 1 aromatic rings. The number of hydrogen-bond acceptors (Lipinski definition) is 3. The van der Waals surface area contributed by atoms with E-state index in [1.807, 2.05) is 24.3 Å². The van der Waals surface area contributed by atoms with E-state index in [1.165, 1.54) is 12.8 Å². The van der Waals surface area contributed by atoms with Gasteiger partial charge >= 0.3 is 0 Å². The van der Waals surface area contributed by atoms with Gasteiger partial charge < -0.3 is 10.2 Å². The van der Waals surface area contributed by atoms with Crippen LogP contribution in [0.3, 0.4) is 0 Å². The first kappa shape index (κ1) is 14.4. The molecule has 1 heterocycles. The minimum atomic E-state index is -0.0445. The predicted octanol–water partition coefficient (Wildman–Crippen LogP) is 2.57. The first-order chi connectivity index (χ1) is 10.2. The molecule has 0 unspecified atom stereocenters. The van der Waals surface area contributed by atoms with E-state index in [9.17, 15) is 9.59 Å². The van der Waals surface area contributed by atoms with E-state index in [0.29, 0.717) is 12.5 Å². The highest BCUT2D eigenvalue weighted by Crippen LogP contribution is 2.33. The molecule has 5 heteroatoms. The maximum absolute atomic E-state index is 12.3. The summed E-state index contributed by atoms with van der Waals surface area (Å²) in [7, 11) is 0. The Morgan fingerprint density at radius 2 is 2.05 bits per heavy atom. The van der Waals surface area contributed by atoms with Crippen LogP contribution in [0.4, 0.5) is 5.69 Å². The lowest BCUT2D eigenvalue weighted by atomic mass is 10.2. The molecule has 0 aromatic heterocycles.